The van der Waals surface area contributed by atoms with E-state index >= 15 is 0 Å². The first-order chi connectivity index (χ1) is 7.99. The largest absolute Gasteiger partial charge is 0.399 e. The molecule has 2 rings (SSSR count). The number of nitrogens with two attached hydrogens (primary N) is 1. The van der Waals surface area contributed by atoms with E-state index in [0.717, 1.165) is 11.1 Å². The van der Waals surface area contributed by atoms with Gasteiger partial charge in [-0.25, -0.2) is 8.42 Å². The van der Waals surface area contributed by atoms with Crippen molar-refractivity contribution in [2.75, 3.05) is 5.73 Å². The van der Waals surface area contributed by atoms with E-state index in [-0.39, 0.29) is 5.75 Å². The maximum absolute atomic E-state index is 12.1. The van der Waals surface area contributed by atoms with Crippen LogP contribution in [0.4, 0.5) is 5.69 Å². The van der Waals surface area contributed by atoms with Gasteiger partial charge in [-0.15, -0.1) is 0 Å². The van der Waals surface area contributed by atoms with Crippen molar-refractivity contribution >= 4 is 26.9 Å². The summed E-state index contributed by atoms with van der Waals surface area (Å²) in [6.45, 7) is 1.80. The molecule has 3 nitrogen and oxygen atoms in total. The highest BCUT2D eigenvalue weighted by Gasteiger charge is 2.16. The van der Waals surface area contributed by atoms with E-state index in [1.54, 1.807) is 25.1 Å². The molecule has 0 atom stereocenters. The van der Waals surface area contributed by atoms with Crippen LogP contribution >= 0.6 is 11.3 Å². The van der Waals surface area contributed by atoms with E-state index in [0.29, 0.717) is 10.6 Å². The molecule has 0 aliphatic rings. The van der Waals surface area contributed by atoms with Gasteiger partial charge in [-0.3, -0.25) is 0 Å². The van der Waals surface area contributed by atoms with Gasteiger partial charge >= 0.3 is 0 Å². The molecule has 1 heterocycles. The van der Waals surface area contributed by atoms with Gasteiger partial charge in [0.1, 0.15) is 0 Å². The van der Waals surface area contributed by atoms with Gasteiger partial charge in [0.05, 0.1) is 10.6 Å². The molecule has 0 bridgehead atoms. The molecule has 0 aliphatic carbocycles. The minimum absolute atomic E-state index is 0.0415. The lowest BCUT2D eigenvalue weighted by molar-refractivity contribution is 0.595. The van der Waals surface area contributed by atoms with E-state index in [1.165, 1.54) is 11.3 Å². The highest BCUT2D eigenvalue weighted by Crippen LogP contribution is 2.21. The number of thiophene rings is 1. The Morgan fingerprint density at radius 2 is 2.06 bits per heavy atom. The topological polar surface area (TPSA) is 60.2 Å². The third-order valence-electron chi connectivity index (χ3n) is 2.54. The molecule has 1 aromatic carbocycles. The molecule has 90 valence electrons. The lowest BCUT2D eigenvalue weighted by Gasteiger charge is -2.06. The summed E-state index contributed by atoms with van der Waals surface area (Å²) in [5.74, 6) is 0.0415. The van der Waals surface area contributed by atoms with Crippen LogP contribution in [-0.2, 0) is 15.6 Å². The monoisotopic (exact) mass is 267 g/mol. The second-order valence-electron chi connectivity index (χ2n) is 3.91. The third-order valence-corrected chi connectivity index (χ3v) is 4.95. The molecule has 0 spiro atoms. The summed E-state index contributed by atoms with van der Waals surface area (Å²) in [6.07, 6.45) is 0. The lowest BCUT2D eigenvalue weighted by Crippen LogP contribution is -2.05. The summed E-state index contributed by atoms with van der Waals surface area (Å²) >= 11 is 1.50. The zero-order chi connectivity index (χ0) is 12.5. The van der Waals surface area contributed by atoms with Crippen LogP contribution in [-0.4, -0.2) is 8.42 Å². The lowest BCUT2D eigenvalue weighted by atomic mass is 10.2. The minimum Gasteiger partial charge on any atom is -0.399 e. The summed E-state index contributed by atoms with van der Waals surface area (Å²) in [7, 11) is -3.27. The van der Waals surface area contributed by atoms with Gasteiger partial charge in [0.25, 0.3) is 0 Å². The predicted molar refractivity (Wildman–Crippen MR) is 70.8 cm³/mol. The number of sulfone groups is 1. The quantitative estimate of drug-likeness (QED) is 0.870. The Bertz CT molecular complexity index is 616. The molecule has 0 amide bonds. The Balaban J connectivity index is 2.35. The highest BCUT2D eigenvalue weighted by atomic mass is 32.2. The number of benzene rings is 1. The molecular formula is C12H13NO2S2. The average molecular weight is 267 g/mol. The van der Waals surface area contributed by atoms with Crippen molar-refractivity contribution in [3.63, 3.8) is 0 Å². The van der Waals surface area contributed by atoms with E-state index in [2.05, 4.69) is 0 Å². The molecule has 0 aliphatic heterocycles. The van der Waals surface area contributed by atoms with E-state index in [9.17, 15) is 8.42 Å². The first kappa shape index (κ1) is 12.1. The molecule has 2 aromatic rings. The van der Waals surface area contributed by atoms with Gasteiger partial charge in [0, 0.05) is 5.69 Å². The van der Waals surface area contributed by atoms with E-state index in [1.807, 2.05) is 16.8 Å². The van der Waals surface area contributed by atoms with Crippen LogP contribution in [0.15, 0.2) is 39.9 Å². The fraction of sp³-hybridized carbons (Fsp3) is 0.167. The van der Waals surface area contributed by atoms with Crippen LogP contribution in [0.3, 0.4) is 0 Å². The highest BCUT2D eigenvalue weighted by molar-refractivity contribution is 7.90. The van der Waals surface area contributed by atoms with Gasteiger partial charge in [-0.1, -0.05) is 0 Å². The van der Waals surface area contributed by atoms with Crippen molar-refractivity contribution in [2.24, 2.45) is 0 Å². The summed E-state index contributed by atoms with van der Waals surface area (Å²) in [4.78, 5) is 0.329. The van der Waals surface area contributed by atoms with Crippen LogP contribution < -0.4 is 5.73 Å². The van der Waals surface area contributed by atoms with Crippen molar-refractivity contribution in [1.29, 1.82) is 0 Å². The molecule has 0 saturated carbocycles. The molecule has 0 unspecified atom stereocenters. The predicted octanol–water partition coefficient (Wildman–Crippen LogP) is 2.61. The van der Waals surface area contributed by atoms with Gasteiger partial charge in [0.15, 0.2) is 9.84 Å². The Morgan fingerprint density at radius 1 is 1.29 bits per heavy atom. The molecule has 17 heavy (non-hydrogen) atoms. The van der Waals surface area contributed by atoms with Gasteiger partial charge in [-0.2, -0.15) is 11.3 Å². The average Bonchev–Trinajstić information content (AvgIpc) is 2.73. The number of rotatable bonds is 3. The first-order valence-corrected chi connectivity index (χ1v) is 7.68. The second kappa shape index (κ2) is 4.50. The Kier molecular flexibility index (Phi) is 3.22. The second-order valence-corrected chi connectivity index (χ2v) is 6.68. The standard InChI is InChI=1S/C12H13NO2S2/c1-9-6-11(2-3-12(9)13)17(14,15)8-10-4-5-16-7-10/h2-7H,8,13H2,1H3. The van der Waals surface area contributed by atoms with Gasteiger partial charge in [-0.05, 0) is 53.1 Å². The Morgan fingerprint density at radius 3 is 2.65 bits per heavy atom. The van der Waals surface area contributed by atoms with Crippen LogP contribution in [0.5, 0.6) is 0 Å². The van der Waals surface area contributed by atoms with Crippen LogP contribution in [0.2, 0.25) is 0 Å². The zero-order valence-corrected chi connectivity index (χ0v) is 11.0. The number of nitrogen functional groups attached to an aromatic ring is 1. The molecular weight excluding hydrogens is 254 g/mol. The minimum atomic E-state index is -3.27. The number of aryl methyl sites for hydroxylation is 1. The number of anilines is 1. The third kappa shape index (κ3) is 2.68. The van der Waals surface area contributed by atoms with E-state index in [4.69, 9.17) is 5.73 Å². The van der Waals surface area contributed by atoms with Crippen molar-refractivity contribution in [3.05, 3.63) is 46.2 Å². The van der Waals surface area contributed by atoms with Crippen molar-refractivity contribution in [1.82, 2.24) is 0 Å². The first-order valence-electron chi connectivity index (χ1n) is 5.09. The normalized spacial score (nSPS) is 11.6. The summed E-state index contributed by atoms with van der Waals surface area (Å²) in [6, 6.07) is 6.64. The summed E-state index contributed by atoms with van der Waals surface area (Å²) in [5.41, 5.74) is 7.90. The molecule has 2 N–H and O–H groups in total. The molecule has 0 radical (unpaired) electrons. The summed E-state index contributed by atoms with van der Waals surface area (Å²) in [5, 5.41) is 3.72. The summed E-state index contributed by atoms with van der Waals surface area (Å²) < 4.78 is 24.3. The SMILES string of the molecule is Cc1cc(S(=O)(=O)Cc2ccsc2)ccc1N. The smallest absolute Gasteiger partial charge is 0.182 e. The van der Waals surface area contributed by atoms with Crippen LogP contribution in [0, 0.1) is 6.92 Å². The maximum atomic E-state index is 12.1. The molecule has 0 saturated heterocycles. The molecule has 5 heteroatoms. The number of hydrogen-bond acceptors (Lipinski definition) is 4. The zero-order valence-electron chi connectivity index (χ0n) is 9.38. The fourth-order valence-corrected chi connectivity index (χ4v) is 3.71. The Labute approximate surface area is 105 Å². The molecule has 1 aromatic heterocycles. The number of hydrogen-bond donors (Lipinski definition) is 1. The Hall–Kier alpha value is -1.33. The van der Waals surface area contributed by atoms with Gasteiger partial charge in [0.2, 0.25) is 0 Å². The molecule has 0 fully saturated rings. The van der Waals surface area contributed by atoms with Crippen LogP contribution in [0.25, 0.3) is 0 Å². The van der Waals surface area contributed by atoms with E-state index < -0.39 is 9.84 Å². The van der Waals surface area contributed by atoms with Crippen LogP contribution in [0.1, 0.15) is 11.1 Å². The maximum Gasteiger partial charge on any atom is 0.182 e. The fourth-order valence-electron chi connectivity index (χ4n) is 1.52. The van der Waals surface area contributed by atoms with Crippen molar-refractivity contribution in [3.8, 4) is 0 Å². The van der Waals surface area contributed by atoms with Crippen molar-refractivity contribution in [2.45, 2.75) is 17.6 Å². The van der Waals surface area contributed by atoms with Gasteiger partial charge < -0.3 is 5.73 Å². The van der Waals surface area contributed by atoms with Crippen molar-refractivity contribution < 1.29 is 8.42 Å².